The van der Waals surface area contributed by atoms with Gasteiger partial charge in [0.05, 0.1) is 41.6 Å². The highest BCUT2D eigenvalue weighted by molar-refractivity contribution is 6.12. The lowest BCUT2D eigenvalue weighted by atomic mass is 9.48. The minimum atomic E-state index is -1.64. The smallest absolute Gasteiger partial charge is 0.277 e. The van der Waals surface area contributed by atoms with Crippen LogP contribution in [0.4, 0.5) is 5.69 Å². The number of hydrogen-bond acceptors (Lipinski definition) is 8. The second-order valence-corrected chi connectivity index (χ2v) is 12.4. The first-order valence-corrected chi connectivity index (χ1v) is 14.4. The molecule has 2 atom stereocenters. The molecule has 3 N–H and O–H groups in total. The van der Waals surface area contributed by atoms with Gasteiger partial charge in [0.15, 0.2) is 5.41 Å². The van der Waals surface area contributed by atoms with E-state index < -0.39 is 22.3 Å². The lowest BCUT2D eigenvalue weighted by Crippen LogP contribution is -2.63. The van der Waals surface area contributed by atoms with Crippen LogP contribution in [0.15, 0.2) is 77.0 Å². The van der Waals surface area contributed by atoms with Crippen molar-refractivity contribution in [3.8, 4) is 12.1 Å². The van der Waals surface area contributed by atoms with E-state index in [0.717, 1.165) is 28.0 Å². The van der Waals surface area contributed by atoms with Crippen molar-refractivity contribution in [3.63, 3.8) is 0 Å². The molecule has 7 rings (SSSR count). The van der Waals surface area contributed by atoms with Crippen LogP contribution in [-0.2, 0) is 21.7 Å². The number of ether oxygens (including phenoxy) is 1. The van der Waals surface area contributed by atoms with Crippen LogP contribution in [0.5, 0.6) is 0 Å². The predicted molar refractivity (Wildman–Crippen MR) is 157 cm³/mol. The fourth-order valence-corrected chi connectivity index (χ4v) is 8.29. The molecule has 2 fully saturated rings. The van der Waals surface area contributed by atoms with Crippen molar-refractivity contribution >= 4 is 17.5 Å². The summed E-state index contributed by atoms with van der Waals surface area (Å²) in [6.07, 6.45) is 1.17. The summed E-state index contributed by atoms with van der Waals surface area (Å²) in [5, 5.41) is 30.6. The van der Waals surface area contributed by atoms with Gasteiger partial charge in [0.1, 0.15) is 0 Å². The average Bonchev–Trinajstić information content (AvgIpc) is 3.22. The SMILES string of the molecule is CN1CCC2(CC1)C1=C3C(=C(N)C2(C#N)C#N)C(=N)O[C@@]2(C(=O)N(Cc4ccccc4)c4ccccc42)[C@@H]3CN(C)C1. The molecule has 0 bridgehead atoms. The summed E-state index contributed by atoms with van der Waals surface area (Å²) in [6.45, 7) is 2.83. The Morgan fingerprint density at radius 2 is 1.69 bits per heavy atom. The molecule has 2 aromatic carbocycles. The highest BCUT2D eigenvalue weighted by Gasteiger charge is 2.69. The molecular formula is C33H33N7O2. The number of amides is 1. The Bertz CT molecular complexity index is 1660. The van der Waals surface area contributed by atoms with Crippen molar-refractivity contribution in [1.82, 2.24) is 9.80 Å². The summed E-state index contributed by atoms with van der Waals surface area (Å²) in [4.78, 5) is 21.0. The van der Waals surface area contributed by atoms with Crippen molar-refractivity contribution in [1.29, 1.82) is 15.9 Å². The Labute approximate surface area is 245 Å². The van der Waals surface area contributed by atoms with Gasteiger partial charge in [-0.15, -0.1) is 0 Å². The van der Waals surface area contributed by atoms with E-state index in [1.54, 1.807) is 4.90 Å². The largest absolute Gasteiger partial charge is 0.455 e. The van der Waals surface area contributed by atoms with E-state index in [1.165, 1.54) is 0 Å². The number of carbonyl (C=O) groups is 1. The zero-order valence-electron chi connectivity index (χ0n) is 23.9. The van der Waals surface area contributed by atoms with E-state index in [1.807, 2.05) is 68.7 Å². The predicted octanol–water partition coefficient (Wildman–Crippen LogP) is 3.27. The van der Waals surface area contributed by atoms with Gasteiger partial charge in [-0.1, -0.05) is 48.5 Å². The Balaban J connectivity index is 1.48. The van der Waals surface area contributed by atoms with Crippen LogP contribution in [0, 0.1) is 44.8 Å². The molecule has 2 spiro atoms. The molecule has 212 valence electrons. The van der Waals surface area contributed by atoms with Crippen LogP contribution in [0.1, 0.15) is 24.0 Å². The van der Waals surface area contributed by atoms with Crippen molar-refractivity contribution < 1.29 is 9.53 Å². The maximum Gasteiger partial charge on any atom is 0.277 e. The molecule has 1 aliphatic carbocycles. The van der Waals surface area contributed by atoms with Gasteiger partial charge in [0.2, 0.25) is 11.5 Å². The Morgan fingerprint density at radius 3 is 2.38 bits per heavy atom. The van der Waals surface area contributed by atoms with Gasteiger partial charge in [-0.25, -0.2) is 0 Å². The number of piperidine rings is 1. The van der Waals surface area contributed by atoms with Gasteiger partial charge in [0.25, 0.3) is 5.91 Å². The number of nitrogens with one attached hydrogen (secondary N) is 1. The minimum Gasteiger partial charge on any atom is -0.455 e. The maximum absolute atomic E-state index is 14.8. The van der Waals surface area contributed by atoms with Gasteiger partial charge in [-0.3, -0.25) is 10.2 Å². The second kappa shape index (κ2) is 9.03. The number of likely N-dealkylation sites (N-methyl/N-ethyl adjacent to an activating group) is 1. The minimum absolute atomic E-state index is 0.0880. The van der Waals surface area contributed by atoms with Crippen LogP contribution in [0.25, 0.3) is 0 Å². The van der Waals surface area contributed by atoms with Crippen molar-refractivity contribution in [2.75, 3.05) is 45.2 Å². The Hall–Kier alpha value is -4.44. The lowest BCUT2D eigenvalue weighted by molar-refractivity contribution is -0.141. The molecule has 4 aliphatic heterocycles. The molecule has 4 heterocycles. The number of para-hydroxylation sites is 1. The fraction of sp³-hybridized carbons (Fsp3) is 0.394. The van der Waals surface area contributed by atoms with Crippen LogP contribution < -0.4 is 10.6 Å². The number of fused-ring (bicyclic) bond motifs is 4. The van der Waals surface area contributed by atoms with E-state index in [2.05, 4.69) is 21.9 Å². The van der Waals surface area contributed by atoms with E-state index in [4.69, 9.17) is 10.5 Å². The first-order valence-electron chi connectivity index (χ1n) is 14.4. The summed E-state index contributed by atoms with van der Waals surface area (Å²) in [7, 11) is 4.05. The van der Waals surface area contributed by atoms with Crippen LogP contribution in [0.2, 0.25) is 0 Å². The average molecular weight is 560 g/mol. The normalized spacial score (nSPS) is 27.9. The molecule has 9 heteroatoms. The maximum atomic E-state index is 14.8. The van der Waals surface area contributed by atoms with Crippen molar-refractivity contribution in [2.45, 2.75) is 25.0 Å². The summed E-state index contributed by atoms with van der Waals surface area (Å²) in [5.74, 6) is -0.935. The van der Waals surface area contributed by atoms with Crippen molar-refractivity contribution in [2.24, 2.45) is 22.5 Å². The topological polar surface area (TPSA) is 133 Å². The highest BCUT2D eigenvalue weighted by atomic mass is 16.5. The number of nitrogens with two attached hydrogens (primary N) is 1. The number of nitrogens with zero attached hydrogens (tertiary/aromatic N) is 5. The summed E-state index contributed by atoms with van der Waals surface area (Å²) in [5.41, 5.74) is 7.62. The van der Waals surface area contributed by atoms with Gasteiger partial charge in [-0.05, 0) is 62.8 Å². The zero-order chi connectivity index (χ0) is 29.4. The van der Waals surface area contributed by atoms with Gasteiger partial charge >= 0.3 is 0 Å². The molecule has 0 aromatic heterocycles. The third-order valence-corrected chi connectivity index (χ3v) is 10.3. The van der Waals surface area contributed by atoms with E-state index >= 15 is 0 Å². The molecule has 2 saturated heterocycles. The Kier molecular flexibility index (Phi) is 5.69. The standard InChI is InChI=1S/C33H33N7O2/c1-38-14-12-31(13-15-38)23-17-39(2)18-24-26(23)27(28(36)32(31,19-34)20-35)29(37)42-33(24)22-10-6-7-11-25(22)40(30(33)41)16-21-8-4-3-5-9-21/h3-11,24,37H,12-18,36H2,1-2H3/t24-,33-/m1/s1. The van der Waals surface area contributed by atoms with Crippen molar-refractivity contribution in [3.05, 3.63) is 88.1 Å². The van der Waals surface area contributed by atoms with E-state index in [-0.39, 0.29) is 17.5 Å². The van der Waals surface area contributed by atoms with E-state index in [0.29, 0.717) is 51.1 Å². The Morgan fingerprint density at radius 1 is 1.02 bits per heavy atom. The fourth-order valence-electron chi connectivity index (χ4n) is 8.29. The summed E-state index contributed by atoms with van der Waals surface area (Å²) >= 11 is 0. The van der Waals surface area contributed by atoms with Crippen LogP contribution in [0.3, 0.4) is 0 Å². The van der Waals surface area contributed by atoms with E-state index in [9.17, 15) is 20.7 Å². The number of allylic oxidation sites excluding steroid dienone is 1. The van der Waals surface area contributed by atoms with Gasteiger partial charge in [-0.2, -0.15) is 10.5 Å². The molecule has 2 aromatic rings. The molecule has 0 saturated carbocycles. The monoisotopic (exact) mass is 559 g/mol. The second-order valence-electron chi connectivity index (χ2n) is 12.4. The molecule has 42 heavy (non-hydrogen) atoms. The molecule has 5 aliphatic rings. The zero-order valence-corrected chi connectivity index (χ0v) is 23.9. The third-order valence-electron chi connectivity index (χ3n) is 10.3. The third kappa shape index (κ3) is 3.13. The molecule has 9 nitrogen and oxygen atoms in total. The van der Waals surface area contributed by atoms with Crippen LogP contribution in [-0.4, -0.2) is 61.9 Å². The number of rotatable bonds is 2. The first kappa shape index (κ1) is 26.5. The van der Waals surface area contributed by atoms with Gasteiger partial charge < -0.3 is 25.2 Å². The number of benzene rings is 2. The lowest BCUT2D eigenvalue weighted by Gasteiger charge is -2.58. The number of likely N-dealkylation sites (tertiary alicyclic amines) is 1. The number of hydrogen-bond donors (Lipinski definition) is 2. The number of carbonyl (C=O) groups excluding carboxylic acids is 1. The van der Waals surface area contributed by atoms with Crippen LogP contribution >= 0.6 is 0 Å². The molecule has 0 unspecified atom stereocenters. The summed E-state index contributed by atoms with van der Waals surface area (Å²) in [6, 6.07) is 22.2. The molecule has 1 amide bonds. The summed E-state index contributed by atoms with van der Waals surface area (Å²) < 4.78 is 6.56. The molecular weight excluding hydrogens is 526 g/mol. The number of anilines is 1. The molecule has 0 radical (unpaired) electrons. The number of nitriles is 2. The van der Waals surface area contributed by atoms with Gasteiger partial charge in [0, 0.05) is 24.1 Å². The highest BCUT2D eigenvalue weighted by Crippen LogP contribution is 2.65. The first-order chi connectivity index (χ1) is 20.2. The quantitative estimate of drug-likeness (QED) is 0.577.